The van der Waals surface area contributed by atoms with Gasteiger partial charge in [0.1, 0.15) is 21.3 Å². The Kier molecular flexibility index (Phi) is 4.32. The zero-order chi connectivity index (χ0) is 16.6. The van der Waals surface area contributed by atoms with Crippen molar-refractivity contribution in [2.75, 3.05) is 6.61 Å². The molecule has 1 aromatic carbocycles. The summed E-state index contributed by atoms with van der Waals surface area (Å²) in [5.74, 6) is -0.889. The first-order valence-corrected chi connectivity index (χ1v) is 7.85. The number of hydrogen-bond donors (Lipinski definition) is 0. The minimum atomic E-state index is -0.539. The maximum absolute atomic E-state index is 13.1. The summed E-state index contributed by atoms with van der Waals surface area (Å²) >= 11 is 9.69. The number of aromatic nitrogens is 3. The number of carbonyl (C=O) groups excluding carboxylic acids is 1. The molecule has 23 heavy (non-hydrogen) atoms. The van der Waals surface area contributed by atoms with E-state index in [4.69, 9.17) is 16.3 Å². The summed E-state index contributed by atoms with van der Waals surface area (Å²) in [7, 11) is 0. The van der Waals surface area contributed by atoms with Crippen LogP contribution >= 0.6 is 27.5 Å². The van der Waals surface area contributed by atoms with E-state index in [1.165, 1.54) is 22.7 Å². The lowest BCUT2D eigenvalue weighted by molar-refractivity contribution is 0.0520. The molecule has 118 valence electrons. The molecule has 0 radical (unpaired) electrons. The molecule has 0 aliphatic heterocycles. The molecule has 0 atom stereocenters. The molecular formula is C15H10BrClFN3O2. The molecule has 0 saturated carbocycles. The molecule has 0 bridgehead atoms. The number of carbonyl (C=O) groups is 1. The van der Waals surface area contributed by atoms with Gasteiger partial charge in [-0.05, 0) is 47.1 Å². The van der Waals surface area contributed by atoms with Crippen LogP contribution in [0.4, 0.5) is 4.39 Å². The summed E-state index contributed by atoms with van der Waals surface area (Å²) in [5, 5.41) is 0.262. The van der Waals surface area contributed by atoms with Gasteiger partial charge in [0, 0.05) is 11.8 Å². The maximum Gasteiger partial charge on any atom is 0.358 e. The fourth-order valence-corrected chi connectivity index (χ4v) is 2.82. The number of benzene rings is 1. The first-order valence-electron chi connectivity index (χ1n) is 6.68. The van der Waals surface area contributed by atoms with Gasteiger partial charge in [-0.3, -0.25) is 4.40 Å². The number of fused-ring (bicyclic) bond motifs is 1. The van der Waals surface area contributed by atoms with Crippen molar-refractivity contribution in [1.82, 2.24) is 14.4 Å². The van der Waals surface area contributed by atoms with Crippen molar-refractivity contribution in [2.24, 2.45) is 0 Å². The minimum Gasteiger partial charge on any atom is -0.461 e. The van der Waals surface area contributed by atoms with E-state index in [9.17, 15) is 9.18 Å². The third kappa shape index (κ3) is 2.94. The van der Waals surface area contributed by atoms with Crippen molar-refractivity contribution in [3.63, 3.8) is 0 Å². The number of esters is 1. The normalized spacial score (nSPS) is 11.0. The van der Waals surface area contributed by atoms with Crippen LogP contribution < -0.4 is 0 Å². The molecule has 0 fully saturated rings. The van der Waals surface area contributed by atoms with Crippen LogP contribution in [-0.2, 0) is 4.74 Å². The van der Waals surface area contributed by atoms with Crippen LogP contribution in [0, 0.1) is 5.82 Å². The summed E-state index contributed by atoms with van der Waals surface area (Å²) in [6.45, 7) is 1.96. The van der Waals surface area contributed by atoms with E-state index >= 15 is 0 Å². The Bertz CT molecular complexity index is 896. The van der Waals surface area contributed by atoms with Crippen LogP contribution in [0.25, 0.3) is 16.9 Å². The largest absolute Gasteiger partial charge is 0.461 e. The van der Waals surface area contributed by atoms with Crippen molar-refractivity contribution in [1.29, 1.82) is 0 Å². The van der Waals surface area contributed by atoms with E-state index in [-0.39, 0.29) is 23.3 Å². The van der Waals surface area contributed by atoms with Gasteiger partial charge in [-0.1, -0.05) is 11.6 Å². The monoisotopic (exact) mass is 397 g/mol. The quantitative estimate of drug-likeness (QED) is 0.623. The third-order valence-electron chi connectivity index (χ3n) is 3.11. The fraction of sp³-hybridized carbons (Fsp3) is 0.133. The molecule has 3 aromatic rings. The Morgan fingerprint density at radius 1 is 1.35 bits per heavy atom. The zero-order valence-corrected chi connectivity index (χ0v) is 14.2. The van der Waals surface area contributed by atoms with E-state index in [1.807, 2.05) is 0 Å². The van der Waals surface area contributed by atoms with Crippen molar-refractivity contribution in [2.45, 2.75) is 6.92 Å². The Morgan fingerprint density at radius 2 is 2.04 bits per heavy atom. The molecular weight excluding hydrogens is 389 g/mol. The highest BCUT2D eigenvalue weighted by molar-refractivity contribution is 9.10. The third-order valence-corrected chi connectivity index (χ3v) is 4.00. The molecule has 0 unspecified atom stereocenters. The molecule has 3 rings (SSSR count). The number of nitrogens with zero attached hydrogens (tertiary/aromatic N) is 3. The molecule has 2 aromatic heterocycles. The Morgan fingerprint density at radius 3 is 2.70 bits per heavy atom. The van der Waals surface area contributed by atoms with Crippen LogP contribution in [0.5, 0.6) is 0 Å². The predicted molar refractivity (Wildman–Crippen MR) is 87.0 cm³/mol. The minimum absolute atomic E-state index is 0.132. The van der Waals surface area contributed by atoms with Crippen molar-refractivity contribution < 1.29 is 13.9 Å². The smallest absolute Gasteiger partial charge is 0.358 e. The Balaban J connectivity index is 2.17. The first-order chi connectivity index (χ1) is 11.0. The van der Waals surface area contributed by atoms with Crippen LogP contribution in [-0.4, -0.2) is 26.9 Å². The van der Waals surface area contributed by atoms with Gasteiger partial charge in [-0.25, -0.2) is 19.2 Å². The second-order valence-electron chi connectivity index (χ2n) is 4.59. The van der Waals surface area contributed by atoms with Gasteiger partial charge in [-0.2, -0.15) is 0 Å². The summed E-state index contributed by atoms with van der Waals surface area (Å²) in [4.78, 5) is 20.3. The average molecular weight is 399 g/mol. The van der Waals surface area contributed by atoms with Crippen molar-refractivity contribution >= 4 is 39.1 Å². The Labute approximate surface area is 144 Å². The summed E-state index contributed by atoms with van der Waals surface area (Å²) in [5.41, 5.74) is 1.61. The summed E-state index contributed by atoms with van der Waals surface area (Å²) in [6.07, 6.45) is 1.48. The summed E-state index contributed by atoms with van der Waals surface area (Å²) in [6, 6.07) is 5.79. The lowest BCUT2D eigenvalue weighted by atomic mass is 10.1. The first kappa shape index (κ1) is 15.9. The van der Waals surface area contributed by atoms with Crippen LogP contribution in [0.1, 0.15) is 17.4 Å². The zero-order valence-electron chi connectivity index (χ0n) is 11.9. The molecule has 5 nitrogen and oxygen atoms in total. The van der Waals surface area contributed by atoms with E-state index in [2.05, 4.69) is 25.9 Å². The highest BCUT2D eigenvalue weighted by atomic mass is 79.9. The van der Waals surface area contributed by atoms with E-state index in [0.717, 1.165) is 0 Å². The van der Waals surface area contributed by atoms with E-state index in [1.54, 1.807) is 19.1 Å². The fourth-order valence-electron chi connectivity index (χ4n) is 2.08. The highest BCUT2D eigenvalue weighted by Gasteiger charge is 2.19. The van der Waals surface area contributed by atoms with Gasteiger partial charge < -0.3 is 4.74 Å². The topological polar surface area (TPSA) is 56.5 Å². The highest BCUT2D eigenvalue weighted by Crippen LogP contribution is 2.30. The molecule has 8 heteroatoms. The number of hydrogen-bond acceptors (Lipinski definition) is 4. The average Bonchev–Trinajstić information content (AvgIpc) is 2.98. The van der Waals surface area contributed by atoms with Gasteiger partial charge in [0.2, 0.25) is 0 Å². The molecule has 0 aliphatic rings. The van der Waals surface area contributed by atoms with Gasteiger partial charge in [0.25, 0.3) is 0 Å². The second-order valence-corrected chi connectivity index (χ2v) is 5.70. The van der Waals surface area contributed by atoms with Crippen molar-refractivity contribution in [3.05, 3.63) is 51.7 Å². The van der Waals surface area contributed by atoms with Gasteiger partial charge in [0.05, 0.1) is 6.61 Å². The Hall–Kier alpha value is -1.99. The molecule has 0 spiro atoms. The molecule has 0 saturated heterocycles. The predicted octanol–water partition coefficient (Wildman–Crippen LogP) is 4.13. The van der Waals surface area contributed by atoms with Gasteiger partial charge in [0.15, 0.2) is 11.3 Å². The number of rotatable bonds is 3. The van der Waals surface area contributed by atoms with E-state index in [0.29, 0.717) is 21.5 Å². The van der Waals surface area contributed by atoms with Gasteiger partial charge in [-0.15, -0.1) is 0 Å². The molecule has 0 aliphatic carbocycles. The lowest BCUT2D eigenvalue weighted by Crippen LogP contribution is -2.04. The number of halogens is 3. The number of imidazole rings is 1. The van der Waals surface area contributed by atoms with Crippen molar-refractivity contribution in [3.8, 4) is 11.3 Å². The molecule has 2 heterocycles. The van der Waals surface area contributed by atoms with Gasteiger partial charge >= 0.3 is 5.97 Å². The summed E-state index contributed by atoms with van der Waals surface area (Å²) < 4.78 is 19.9. The second kappa shape index (κ2) is 6.25. The number of ether oxygens (including phenoxy) is 1. The molecule has 0 N–H and O–H groups in total. The maximum atomic E-state index is 13.1. The van der Waals surface area contributed by atoms with Crippen LogP contribution in [0.2, 0.25) is 5.15 Å². The van der Waals surface area contributed by atoms with Crippen LogP contribution in [0.15, 0.2) is 35.1 Å². The van der Waals surface area contributed by atoms with Crippen LogP contribution in [0.3, 0.4) is 0 Å². The standard InChI is InChI=1S/C15H10BrClFN3O2/c1-2-23-15(22)10-7-21-13(17)11(20-12(16)14(21)19-10)8-3-5-9(18)6-4-8/h3-7H,2H2,1H3. The molecule has 0 amide bonds. The van der Waals surface area contributed by atoms with E-state index < -0.39 is 5.97 Å². The SMILES string of the molecule is CCOC(=O)c1cn2c(Cl)c(-c3ccc(F)cc3)nc(Br)c2n1. The lowest BCUT2D eigenvalue weighted by Gasteiger charge is -2.07.